The van der Waals surface area contributed by atoms with Gasteiger partial charge in [0.2, 0.25) is 0 Å². The van der Waals surface area contributed by atoms with Crippen molar-refractivity contribution in [3.8, 4) is 0 Å². The Morgan fingerprint density at radius 2 is 1.21 bits per heavy atom. The van der Waals surface area contributed by atoms with Crippen LogP contribution in [0.1, 0.15) is 25.7 Å². The molecule has 2 aliphatic rings. The van der Waals surface area contributed by atoms with E-state index in [-0.39, 0.29) is 24.4 Å². The fraction of sp³-hybridized carbons (Fsp3) is 0.800. The number of aldehydes is 2. The van der Waals surface area contributed by atoms with Crippen LogP contribution in [0.25, 0.3) is 0 Å². The average Bonchev–Trinajstić information content (AvgIpc) is 2.86. The molecule has 4 nitrogen and oxygen atoms in total. The highest BCUT2D eigenvalue weighted by atomic mass is 16.6. The molecule has 2 rings (SSSR count). The Morgan fingerprint density at radius 1 is 0.786 bits per heavy atom. The van der Waals surface area contributed by atoms with E-state index in [2.05, 4.69) is 0 Å². The predicted molar refractivity (Wildman–Crippen MR) is 47.9 cm³/mol. The molecule has 0 bridgehead atoms. The first-order chi connectivity index (χ1) is 6.83. The third kappa shape index (κ3) is 1.86. The molecule has 0 unspecified atom stereocenters. The molecule has 0 aromatic carbocycles. The molecule has 0 saturated carbocycles. The van der Waals surface area contributed by atoms with Gasteiger partial charge in [-0.05, 0) is 25.7 Å². The van der Waals surface area contributed by atoms with Gasteiger partial charge in [0.15, 0.2) is 0 Å². The van der Waals surface area contributed by atoms with E-state index in [4.69, 9.17) is 9.47 Å². The Bertz CT molecular complexity index is 204. The first-order valence-electron chi connectivity index (χ1n) is 5.05. The van der Waals surface area contributed by atoms with Crippen LogP contribution in [0, 0.1) is 0 Å². The molecule has 2 fully saturated rings. The maximum Gasteiger partial charge on any atom is 0.148 e. The van der Waals surface area contributed by atoms with E-state index in [0.717, 1.165) is 38.3 Å². The molecule has 0 spiro atoms. The monoisotopic (exact) mass is 198 g/mol. The number of rotatable bonds is 3. The van der Waals surface area contributed by atoms with Crippen LogP contribution < -0.4 is 0 Å². The van der Waals surface area contributed by atoms with E-state index in [1.807, 2.05) is 0 Å². The number of ether oxygens (including phenoxy) is 2. The van der Waals surface area contributed by atoms with Crippen LogP contribution in [0.15, 0.2) is 0 Å². The third-order valence-electron chi connectivity index (χ3n) is 2.89. The first-order valence-corrected chi connectivity index (χ1v) is 5.05. The van der Waals surface area contributed by atoms with E-state index in [9.17, 15) is 9.59 Å². The van der Waals surface area contributed by atoms with Crippen LogP contribution >= 0.6 is 0 Å². The molecule has 2 aliphatic heterocycles. The topological polar surface area (TPSA) is 52.6 Å². The molecule has 0 aromatic rings. The second kappa shape index (κ2) is 4.19. The van der Waals surface area contributed by atoms with Gasteiger partial charge in [-0.25, -0.2) is 0 Å². The molecule has 4 atom stereocenters. The summed E-state index contributed by atoms with van der Waals surface area (Å²) in [5.41, 5.74) is 0. The molecule has 0 amide bonds. The van der Waals surface area contributed by atoms with Crippen molar-refractivity contribution in [1.29, 1.82) is 0 Å². The van der Waals surface area contributed by atoms with Crippen LogP contribution in [0.2, 0.25) is 0 Å². The van der Waals surface area contributed by atoms with Gasteiger partial charge in [-0.2, -0.15) is 0 Å². The number of hydrogen-bond donors (Lipinski definition) is 0. The highest BCUT2D eigenvalue weighted by molar-refractivity contribution is 5.57. The van der Waals surface area contributed by atoms with Gasteiger partial charge in [-0.3, -0.25) is 0 Å². The fourth-order valence-electron chi connectivity index (χ4n) is 2.13. The lowest BCUT2D eigenvalue weighted by molar-refractivity contribution is -0.127. The summed E-state index contributed by atoms with van der Waals surface area (Å²) in [7, 11) is 0. The molecule has 0 N–H and O–H groups in total. The lowest BCUT2D eigenvalue weighted by atomic mass is 10.1. The normalized spacial score (nSPS) is 42.6. The first kappa shape index (κ1) is 9.80. The molecule has 0 aliphatic carbocycles. The van der Waals surface area contributed by atoms with Crippen molar-refractivity contribution in [2.75, 3.05) is 0 Å². The Morgan fingerprint density at radius 3 is 1.50 bits per heavy atom. The Kier molecular flexibility index (Phi) is 2.93. The molecule has 14 heavy (non-hydrogen) atoms. The maximum absolute atomic E-state index is 10.5. The second-order valence-electron chi connectivity index (χ2n) is 3.85. The summed E-state index contributed by atoms with van der Waals surface area (Å²) in [6.45, 7) is 0. The molecule has 2 saturated heterocycles. The van der Waals surface area contributed by atoms with Crippen molar-refractivity contribution in [2.45, 2.75) is 50.1 Å². The quantitative estimate of drug-likeness (QED) is 0.619. The summed E-state index contributed by atoms with van der Waals surface area (Å²) in [5.74, 6) is 0. The van der Waals surface area contributed by atoms with Crippen molar-refractivity contribution in [1.82, 2.24) is 0 Å². The molecule has 2 heterocycles. The van der Waals surface area contributed by atoms with Crippen molar-refractivity contribution in [3.63, 3.8) is 0 Å². The molecular weight excluding hydrogens is 184 g/mol. The van der Waals surface area contributed by atoms with Gasteiger partial charge < -0.3 is 19.1 Å². The third-order valence-corrected chi connectivity index (χ3v) is 2.89. The summed E-state index contributed by atoms with van der Waals surface area (Å²) in [6.07, 6.45) is 4.44. The lowest BCUT2D eigenvalue weighted by Crippen LogP contribution is -2.27. The van der Waals surface area contributed by atoms with Crippen molar-refractivity contribution in [3.05, 3.63) is 0 Å². The highest BCUT2D eigenvalue weighted by Crippen LogP contribution is 2.30. The minimum atomic E-state index is -0.265. The number of carbonyl (C=O) groups excluding carboxylic acids is 2. The molecule has 78 valence electrons. The van der Waals surface area contributed by atoms with Gasteiger partial charge in [0.25, 0.3) is 0 Å². The predicted octanol–water partition coefficient (Wildman–Crippen LogP) is 0.479. The molecule has 4 heteroatoms. The Balaban J connectivity index is 1.85. The van der Waals surface area contributed by atoms with Crippen molar-refractivity contribution in [2.24, 2.45) is 0 Å². The van der Waals surface area contributed by atoms with Gasteiger partial charge in [-0.1, -0.05) is 0 Å². The zero-order valence-corrected chi connectivity index (χ0v) is 7.93. The van der Waals surface area contributed by atoms with E-state index in [1.54, 1.807) is 0 Å². The van der Waals surface area contributed by atoms with Crippen LogP contribution in [-0.2, 0) is 19.1 Å². The van der Waals surface area contributed by atoms with Crippen molar-refractivity contribution < 1.29 is 19.1 Å². The largest absolute Gasteiger partial charge is 0.365 e. The van der Waals surface area contributed by atoms with Crippen LogP contribution in [-0.4, -0.2) is 37.0 Å². The molecule has 0 radical (unpaired) electrons. The zero-order chi connectivity index (χ0) is 9.97. The lowest BCUT2D eigenvalue weighted by Gasteiger charge is -2.17. The summed E-state index contributed by atoms with van der Waals surface area (Å²) in [4.78, 5) is 20.9. The van der Waals surface area contributed by atoms with Gasteiger partial charge in [-0.15, -0.1) is 0 Å². The summed E-state index contributed by atoms with van der Waals surface area (Å²) >= 11 is 0. The smallest absolute Gasteiger partial charge is 0.148 e. The standard InChI is InChI=1S/C10H14O4/c11-5-7-1-3-9(13-7)10-4-2-8(6-12)14-10/h5-10H,1-4H2/t7-,8-,9-,10-/m0/s1. The summed E-state index contributed by atoms with van der Waals surface area (Å²) in [6, 6.07) is 0. The van der Waals surface area contributed by atoms with Crippen LogP contribution in [0.3, 0.4) is 0 Å². The van der Waals surface area contributed by atoms with Crippen LogP contribution in [0.4, 0.5) is 0 Å². The Hall–Kier alpha value is -0.740. The van der Waals surface area contributed by atoms with E-state index in [1.165, 1.54) is 0 Å². The molecular formula is C10H14O4. The van der Waals surface area contributed by atoms with E-state index in [0.29, 0.717) is 0 Å². The minimum absolute atomic E-state index is 0.00940. The summed E-state index contributed by atoms with van der Waals surface area (Å²) in [5, 5.41) is 0. The molecule has 0 aromatic heterocycles. The SMILES string of the molecule is O=C[C@@H]1CC[C@@H]([C@@H]2CC[C@@H](C=O)O2)O1. The van der Waals surface area contributed by atoms with Gasteiger partial charge >= 0.3 is 0 Å². The van der Waals surface area contributed by atoms with E-state index < -0.39 is 0 Å². The van der Waals surface area contributed by atoms with E-state index >= 15 is 0 Å². The highest BCUT2D eigenvalue weighted by Gasteiger charge is 2.36. The average molecular weight is 198 g/mol. The Labute approximate surface area is 82.6 Å². The fourth-order valence-corrected chi connectivity index (χ4v) is 2.13. The zero-order valence-electron chi connectivity index (χ0n) is 7.93. The summed E-state index contributed by atoms with van der Waals surface area (Å²) < 4.78 is 11.0. The van der Waals surface area contributed by atoms with Gasteiger partial charge in [0.05, 0.1) is 12.2 Å². The second-order valence-corrected chi connectivity index (χ2v) is 3.85. The number of hydrogen-bond acceptors (Lipinski definition) is 4. The number of carbonyl (C=O) groups is 2. The van der Waals surface area contributed by atoms with Crippen molar-refractivity contribution >= 4 is 12.6 Å². The van der Waals surface area contributed by atoms with Crippen LogP contribution in [0.5, 0.6) is 0 Å². The maximum atomic E-state index is 10.5. The van der Waals surface area contributed by atoms with Gasteiger partial charge in [0, 0.05) is 0 Å². The van der Waals surface area contributed by atoms with Gasteiger partial charge in [0.1, 0.15) is 24.8 Å². The minimum Gasteiger partial charge on any atom is -0.365 e.